The number of rotatable bonds is 1. The van der Waals surface area contributed by atoms with Crippen molar-refractivity contribution in [1.82, 2.24) is 0 Å². The molecule has 0 aliphatic carbocycles. The Bertz CT molecular complexity index is 318. The highest BCUT2D eigenvalue weighted by Gasteiger charge is 1.95. The van der Waals surface area contributed by atoms with E-state index in [0.29, 0.717) is 5.92 Å². The van der Waals surface area contributed by atoms with Gasteiger partial charge in [-0.2, -0.15) is 11.3 Å². The Morgan fingerprint density at radius 3 is 1.94 bits per heavy atom. The molecule has 0 atom stereocenters. The van der Waals surface area contributed by atoms with Crippen molar-refractivity contribution in [3.63, 3.8) is 0 Å². The highest BCUT2D eigenvalue weighted by molar-refractivity contribution is 7.09. The monoisotopic (exact) mass is 254 g/mol. The first kappa shape index (κ1) is 15.4. The molecule has 0 aromatic carbocycles. The Labute approximate surface area is 108 Å². The third kappa shape index (κ3) is 6.81. The molecule has 0 unspecified atom stereocenters. The first-order valence-corrected chi connectivity index (χ1v) is 7.54. The summed E-state index contributed by atoms with van der Waals surface area (Å²) in [5, 5.41) is 6.40. The quantitative estimate of drug-likeness (QED) is 0.589. The molecular formula is C14H22S2. The number of hydrogen-bond donors (Lipinski definition) is 0. The predicted octanol–water partition coefficient (Wildman–Crippen LogP) is 5.95. The Balaban J connectivity index is 0.000000251. The van der Waals surface area contributed by atoms with Crippen LogP contribution in [0.3, 0.4) is 0 Å². The molecule has 90 valence electrons. The van der Waals surface area contributed by atoms with E-state index in [0.717, 1.165) is 0 Å². The molecule has 2 aromatic heterocycles. The van der Waals surface area contributed by atoms with Gasteiger partial charge in [-0.3, -0.25) is 0 Å². The van der Waals surface area contributed by atoms with Crippen LogP contribution in [0, 0.1) is 6.92 Å². The molecule has 0 saturated heterocycles. The molecule has 2 heteroatoms. The van der Waals surface area contributed by atoms with Crippen LogP contribution in [0.5, 0.6) is 0 Å². The SMILES string of the molecule is CC.CC(C)c1ccsc1.Cc1cccs1. The van der Waals surface area contributed by atoms with Gasteiger partial charge in [0, 0.05) is 4.88 Å². The zero-order chi connectivity index (χ0) is 12.4. The minimum absolute atomic E-state index is 0.696. The molecule has 0 nitrogen and oxygen atoms in total. The smallest absolute Gasteiger partial charge is 0.00141 e. The van der Waals surface area contributed by atoms with E-state index in [1.54, 1.807) is 22.7 Å². The molecule has 2 rings (SSSR count). The lowest BCUT2D eigenvalue weighted by Gasteiger charge is -1.96. The van der Waals surface area contributed by atoms with E-state index in [2.05, 4.69) is 55.1 Å². The summed E-state index contributed by atoms with van der Waals surface area (Å²) in [5.74, 6) is 0.696. The van der Waals surface area contributed by atoms with Gasteiger partial charge in [-0.05, 0) is 46.7 Å². The van der Waals surface area contributed by atoms with Crippen LogP contribution in [-0.2, 0) is 0 Å². The second-order valence-corrected chi connectivity index (χ2v) is 5.37. The highest BCUT2D eigenvalue weighted by atomic mass is 32.1. The average Bonchev–Trinajstić information content (AvgIpc) is 2.93. The topological polar surface area (TPSA) is 0 Å². The van der Waals surface area contributed by atoms with Crippen molar-refractivity contribution in [3.05, 3.63) is 44.8 Å². The standard InChI is InChI=1S/C7H10S.C5H6S.C2H6/c1-6(2)7-3-4-8-5-7;1-5-3-2-4-6-5;1-2/h3-6H,1-2H3;2-4H,1H3;1-2H3. The Morgan fingerprint density at radius 1 is 1.06 bits per heavy atom. The molecule has 2 aromatic rings. The molecule has 16 heavy (non-hydrogen) atoms. The maximum absolute atomic E-state index is 2.21. The lowest BCUT2D eigenvalue weighted by atomic mass is 10.1. The molecule has 0 fully saturated rings. The minimum Gasteiger partial charge on any atom is -0.152 e. The maximum atomic E-state index is 2.21. The molecule has 0 aliphatic heterocycles. The summed E-state index contributed by atoms with van der Waals surface area (Å²) >= 11 is 3.55. The summed E-state index contributed by atoms with van der Waals surface area (Å²) in [6.07, 6.45) is 0. The van der Waals surface area contributed by atoms with Crippen LogP contribution >= 0.6 is 22.7 Å². The minimum atomic E-state index is 0.696. The first-order valence-electron chi connectivity index (χ1n) is 5.72. The van der Waals surface area contributed by atoms with E-state index in [9.17, 15) is 0 Å². The fourth-order valence-corrected chi connectivity index (χ4v) is 2.32. The van der Waals surface area contributed by atoms with Crippen molar-refractivity contribution < 1.29 is 0 Å². The fraction of sp³-hybridized carbons (Fsp3) is 0.429. The second-order valence-electron chi connectivity index (χ2n) is 3.44. The molecule has 0 aliphatic rings. The van der Waals surface area contributed by atoms with Gasteiger partial charge in [-0.1, -0.05) is 33.8 Å². The van der Waals surface area contributed by atoms with Crippen molar-refractivity contribution in [1.29, 1.82) is 0 Å². The van der Waals surface area contributed by atoms with Gasteiger partial charge in [0.1, 0.15) is 0 Å². The maximum Gasteiger partial charge on any atom is 0.00141 e. The molecule has 0 spiro atoms. The average molecular weight is 254 g/mol. The van der Waals surface area contributed by atoms with Crippen molar-refractivity contribution >= 4 is 22.7 Å². The summed E-state index contributed by atoms with van der Waals surface area (Å²) in [6.45, 7) is 10.5. The van der Waals surface area contributed by atoms with E-state index >= 15 is 0 Å². The molecule has 0 bridgehead atoms. The Morgan fingerprint density at radius 2 is 1.75 bits per heavy atom. The van der Waals surface area contributed by atoms with Gasteiger partial charge in [-0.25, -0.2) is 0 Å². The van der Waals surface area contributed by atoms with E-state index in [4.69, 9.17) is 0 Å². The first-order chi connectivity index (χ1) is 7.70. The van der Waals surface area contributed by atoms with Crippen LogP contribution in [0.15, 0.2) is 34.3 Å². The largest absolute Gasteiger partial charge is 0.152 e. The van der Waals surface area contributed by atoms with E-state index in [-0.39, 0.29) is 0 Å². The van der Waals surface area contributed by atoms with Crippen molar-refractivity contribution in [2.45, 2.75) is 40.5 Å². The van der Waals surface area contributed by atoms with Crippen LogP contribution < -0.4 is 0 Å². The number of hydrogen-bond acceptors (Lipinski definition) is 2. The number of thiophene rings is 2. The van der Waals surface area contributed by atoms with Gasteiger partial charge < -0.3 is 0 Å². The van der Waals surface area contributed by atoms with Gasteiger partial charge in [0.25, 0.3) is 0 Å². The normalized spacial score (nSPS) is 8.88. The lowest BCUT2D eigenvalue weighted by Crippen LogP contribution is -1.79. The predicted molar refractivity (Wildman–Crippen MR) is 78.8 cm³/mol. The molecule has 2 heterocycles. The van der Waals surface area contributed by atoms with Crippen LogP contribution in [0.4, 0.5) is 0 Å². The van der Waals surface area contributed by atoms with Gasteiger partial charge >= 0.3 is 0 Å². The van der Waals surface area contributed by atoms with Crippen LogP contribution in [0.2, 0.25) is 0 Å². The van der Waals surface area contributed by atoms with Crippen molar-refractivity contribution in [2.24, 2.45) is 0 Å². The summed E-state index contributed by atoms with van der Waals surface area (Å²) in [4.78, 5) is 1.38. The Hall–Kier alpha value is -0.600. The van der Waals surface area contributed by atoms with Crippen LogP contribution in [0.25, 0.3) is 0 Å². The summed E-state index contributed by atoms with van der Waals surface area (Å²) < 4.78 is 0. The number of aryl methyl sites for hydroxylation is 1. The third-order valence-electron chi connectivity index (χ3n) is 1.87. The summed E-state index contributed by atoms with van der Waals surface area (Å²) in [5.41, 5.74) is 1.45. The molecule has 0 amide bonds. The van der Waals surface area contributed by atoms with Crippen LogP contribution in [-0.4, -0.2) is 0 Å². The zero-order valence-electron chi connectivity index (χ0n) is 10.9. The van der Waals surface area contributed by atoms with Gasteiger partial charge in [0.15, 0.2) is 0 Å². The molecular weight excluding hydrogens is 232 g/mol. The van der Waals surface area contributed by atoms with Gasteiger partial charge in [0.05, 0.1) is 0 Å². The van der Waals surface area contributed by atoms with Gasteiger partial charge in [-0.15, -0.1) is 11.3 Å². The summed E-state index contributed by atoms with van der Waals surface area (Å²) in [6, 6.07) is 6.33. The fourth-order valence-electron chi connectivity index (χ4n) is 0.964. The second kappa shape index (κ2) is 9.61. The zero-order valence-corrected chi connectivity index (χ0v) is 12.5. The van der Waals surface area contributed by atoms with E-state index in [1.165, 1.54) is 10.4 Å². The van der Waals surface area contributed by atoms with Crippen molar-refractivity contribution in [3.8, 4) is 0 Å². The summed E-state index contributed by atoms with van der Waals surface area (Å²) in [7, 11) is 0. The third-order valence-corrected chi connectivity index (χ3v) is 3.38. The van der Waals surface area contributed by atoms with Crippen molar-refractivity contribution in [2.75, 3.05) is 0 Å². The molecule has 0 saturated carbocycles. The Kier molecular flexibility index (Phi) is 9.25. The molecule has 0 radical (unpaired) electrons. The van der Waals surface area contributed by atoms with E-state index in [1.807, 2.05) is 13.8 Å². The van der Waals surface area contributed by atoms with Gasteiger partial charge in [0.2, 0.25) is 0 Å². The van der Waals surface area contributed by atoms with Crippen LogP contribution in [0.1, 0.15) is 44.1 Å². The molecule has 0 N–H and O–H groups in total. The lowest BCUT2D eigenvalue weighted by molar-refractivity contribution is 0.872. The van der Waals surface area contributed by atoms with E-state index < -0.39 is 0 Å². The highest BCUT2D eigenvalue weighted by Crippen LogP contribution is 2.16.